The Labute approximate surface area is 115 Å². The fourth-order valence-corrected chi connectivity index (χ4v) is 3.34. The molecular weight excluding hydrogens is 266 g/mol. The summed E-state index contributed by atoms with van der Waals surface area (Å²) < 4.78 is 26.5. The van der Waals surface area contributed by atoms with Gasteiger partial charge in [0.25, 0.3) is 0 Å². The number of hydrogen-bond acceptors (Lipinski definition) is 3. The molecule has 4 nitrogen and oxygen atoms in total. The molecule has 0 unspecified atom stereocenters. The van der Waals surface area contributed by atoms with E-state index in [4.69, 9.17) is 5.11 Å². The van der Waals surface area contributed by atoms with E-state index in [1.165, 1.54) is 12.1 Å². The summed E-state index contributed by atoms with van der Waals surface area (Å²) in [4.78, 5) is 14.5. The Kier molecular flexibility index (Phi) is 3.12. The van der Waals surface area contributed by atoms with Crippen LogP contribution in [-0.2, 0) is 4.79 Å². The average Bonchev–Trinajstić information content (AvgIpc) is 2.71. The van der Waals surface area contributed by atoms with Crippen molar-refractivity contribution in [3.05, 3.63) is 29.8 Å². The predicted octanol–water partition coefficient (Wildman–Crippen LogP) is 1.56. The van der Waals surface area contributed by atoms with Crippen molar-refractivity contribution >= 4 is 11.7 Å². The van der Waals surface area contributed by atoms with Crippen LogP contribution in [0.5, 0.6) is 0 Å². The Morgan fingerprint density at radius 1 is 1.20 bits per heavy atom. The molecule has 2 aliphatic heterocycles. The van der Waals surface area contributed by atoms with Crippen molar-refractivity contribution in [1.29, 1.82) is 0 Å². The molecule has 6 heteroatoms. The minimum atomic E-state index is -0.818. The first-order valence-electron chi connectivity index (χ1n) is 6.61. The van der Waals surface area contributed by atoms with Gasteiger partial charge < -0.3 is 10.0 Å². The fourth-order valence-electron chi connectivity index (χ4n) is 3.34. The first kappa shape index (κ1) is 13.3. The summed E-state index contributed by atoms with van der Waals surface area (Å²) in [6.07, 6.45) is 0.932. The van der Waals surface area contributed by atoms with Gasteiger partial charge in [-0.1, -0.05) is 0 Å². The van der Waals surface area contributed by atoms with Crippen LogP contribution in [0.4, 0.5) is 14.5 Å². The second kappa shape index (κ2) is 4.70. The van der Waals surface area contributed by atoms with Crippen LogP contribution in [0, 0.1) is 17.0 Å². The molecule has 0 amide bonds. The molecule has 1 spiro atoms. The number of carboxylic acids is 1. The second-order valence-electron chi connectivity index (χ2n) is 5.84. The highest BCUT2D eigenvalue weighted by Gasteiger charge is 2.47. The Balaban J connectivity index is 1.64. The van der Waals surface area contributed by atoms with Gasteiger partial charge in [-0.3, -0.25) is 9.69 Å². The van der Waals surface area contributed by atoms with Gasteiger partial charge in [0.15, 0.2) is 0 Å². The Morgan fingerprint density at radius 2 is 1.85 bits per heavy atom. The molecule has 0 atom stereocenters. The van der Waals surface area contributed by atoms with Crippen LogP contribution < -0.4 is 4.90 Å². The summed E-state index contributed by atoms with van der Waals surface area (Å²) >= 11 is 0. The third kappa shape index (κ3) is 2.47. The molecule has 0 radical (unpaired) electrons. The van der Waals surface area contributed by atoms with Gasteiger partial charge in [0.2, 0.25) is 0 Å². The van der Waals surface area contributed by atoms with Gasteiger partial charge in [-0.2, -0.15) is 0 Å². The van der Waals surface area contributed by atoms with Crippen molar-refractivity contribution in [1.82, 2.24) is 4.90 Å². The molecule has 1 N–H and O–H groups in total. The van der Waals surface area contributed by atoms with Crippen molar-refractivity contribution in [2.75, 3.05) is 37.6 Å². The van der Waals surface area contributed by atoms with E-state index < -0.39 is 17.6 Å². The summed E-state index contributed by atoms with van der Waals surface area (Å²) in [5.41, 5.74) is 0.647. The van der Waals surface area contributed by atoms with E-state index in [9.17, 15) is 13.6 Å². The summed E-state index contributed by atoms with van der Waals surface area (Å²) in [5, 5.41) is 8.74. The zero-order chi connectivity index (χ0) is 14.3. The summed E-state index contributed by atoms with van der Waals surface area (Å²) in [7, 11) is 0. The lowest BCUT2D eigenvalue weighted by atomic mass is 9.79. The monoisotopic (exact) mass is 282 g/mol. The van der Waals surface area contributed by atoms with Gasteiger partial charge in [-0.05, 0) is 18.6 Å². The summed E-state index contributed by atoms with van der Waals surface area (Å²) in [5.74, 6) is -1.95. The van der Waals surface area contributed by atoms with Gasteiger partial charge in [0, 0.05) is 43.3 Å². The molecule has 108 valence electrons. The third-order valence-electron chi connectivity index (χ3n) is 4.13. The molecular formula is C14H16F2N2O2. The van der Waals surface area contributed by atoms with Crippen molar-refractivity contribution in [2.24, 2.45) is 5.41 Å². The number of rotatable bonds is 3. The Bertz CT molecular complexity index is 524. The predicted molar refractivity (Wildman–Crippen MR) is 69.7 cm³/mol. The molecule has 0 aliphatic carbocycles. The molecule has 3 rings (SSSR count). The topological polar surface area (TPSA) is 43.8 Å². The number of likely N-dealkylation sites (tertiary alicyclic amines) is 1. The van der Waals surface area contributed by atoms with Crippen LogP contribution in [0.1, 0.15) is 6.42 Å². The highest BCUT2D eigenvalue weighted by atomic mass is 19.1. The van der Waals surface area contributed by atoms with Crippen molar-refractivity contribution < 1.29 is 18.7 Å². The van der Waals surface area contributed by atoms with E-state index in [-0.39, 0.29) is 12.0 Å². The van der Waals surface area contributed by atoms with E-state index >= 15 is 0 Å². The molecule has 2 fully saturated rings. The van der Waals surface area contributed by atoms with Crippen LogP contribution >= 0.6 is 0 Å². The molecule has 0 aromatic heterocycles. The van der Waals surface area contributed by atoms with E-state index in [2.05, 4.69) is 0 Å². The number of halogens is 2. The number of carbonyl (C=O) groups is 1. The summed E-state index contributed by atoms with van der Waals surface area (Å²) in [6, 6.07) is 3.55. The van der Waals surface area contributed by atoms with Gasteiger partial charge in [-0.15, -0.1) is 0 Å². The smallest absolute Gasteiger partial charge is 0.317 e. The number of benzene rings is 1. The second-order valence-corrected chi connectivity index (χ2v) is 5.84. The van der Waals surface area contributed by atoms with E-state index in [1.807, 2.05) is 9.80 Å². The molecule has 0 saturated carbocycles. The number of nitrogens with zero attached hydrogens (tertiary/aromatic N) is 2. The molecule has 2 heterocycles. The lowest BCUT2D eigenvalue weighted by Gasteiger charge is -2.47. The fraction of sp³-hybridized carbons (Fsp3) is 0.500. The first-order valence-corrected chi connectivity index (χ1v) is 6.61. The third-order valence-corrected chi connectivity index (χ3v) is 4.13. The number of hydrogen-bond donors (Lipinski definition) is 1. The molecule has 0 bridgehead atoms. The maximum Gasteiger partial charge on any atom is 0.317 e. The minimum absolute atomic E-state index is 0.0658. The van der Waals surface area contributed by atoms with Gasteiger partial charge >= 0.3 is 5.97 Å². The number of carboxylic acid groups (broad SMARTS) is 1. The van der Waals surface area contributed by atoms with Gasteiger partial charge in [0.05, 0.1) is 6.54 Å². The number of aliphatic carboxylic acids is 1. The zero-order valence-corrected chi connectivity index (χ0v) is 11.0. The molecule has 2 aliphatic rings. The van der Waals surface area contributed by atoms with E-state index in [0.29, 0.717) is 5.69 Å². The molecule has 2 saturated heterocycles. The SMILES string of the molecule is O=C(O)CN1CC2(CCN(c3cc(F)cc(F)c3)C2)C1. The largest absolute Gasteiger partial charge is 0.480 e. The lowest BCUT2D eigenvalue weighted by molar-refractivity contribution is -0.141. The maximum absolute atomic E-state index is 13.2. The Hall–Kier alpha value is -1.69. The van der Waals surface area contributed by atoms with Crippen molar-refractivity contribution in [2.45, 2.75) is 6.42 Å². The molecule has 20 heavy (non-hydrogen) atoms. The minimum Gasteiger partial charge on any atom is -0.480 e. The normalized spacial score (nSPS) is 21.2. The average molecular weight is 282 g/mol. The Morgan fingerprint density at radius 3 is 2.45 bits per heavy atom. The first-order chi connectivity index (χ1) is 9.46. The molecule has 1 aromatic carbocycles. The van der Waals surface area contributed by atoms with Gasteiger partial charge in [-0.25, -0.2) is 8.78 Å². The van der Waals surface area contributed by atoms with Crippen LogP contribution in [0.3, 0.4) is 0 Å². The van der Waals surface area contributed by atoms with E-state index in [0.717, 1.165) is 38.7 Å². The zero-order valence-electron chi connectivity index (χ0n) is 11.0. The highest BCUT2D eigenvalue weighted by molar-refractivity contribution is 5.69. The van der Waals surface area contributed by atoms with Gasteiger partial charge in [0.1, 0.15) is 11.6 Å². The van der Waals surface area contributed by atoms with Crippen molar-refractivity contribution in [3.8, 4) is 0 Å². The van der Waals surface area contributed by atoms with Crippen LogP contribution in [-0.4, -0.2) is 48.7 Å². The standard InChI is InChI=1S/C14H16F2N2O2/c15-10-3-11(16)5-12(4-10)18-2-1-14(9-18)7-17(8-14)6-13(19)20/h3-5H,1-2,6-9H2,(H,19,20). The van der Waals surface area contributed by atoms with E-state index in [1.54, 1.807) is 0 Å². The molecule has 1 aromatic rings. The van der Waals surface area contributed by atoms with Crippen LogP contribution in [0.25, 0.3) is 0 Å². The lowest BCUT2D eigenvalue weighted by Crippen LogP contribution is -2.58. The highest BCUT2D eigenvalue weighted by Crippen LogP contribution is 2.41. The maximum atomic E-state index is 13.2. The van der Waals surface area contributed by atoms with Crippen LogP contribution in [0.15, 0.2) is 18.2 Å². The quantitative estimate of drug-likeness (QED) is 0.914. The number of anilines is 1. The van der Waals surface area contributed by atoms with Crippen LogP contribution in [0.2, 0.25) is 0 Å². The summed E-state index contributed by atoms with van der Waals surface area (Å²) in [6.45, 7) is 3.04. The van der Waals surface area contributed by atoms with Crippen molar-refractivity contribution in [3.63, 3.8) is 0 Å².